The van der Waals surface area contributed by atoms with Crippen molar-refractivity contribution in [1.29, 1.82) is 0 Å². The molecule has 0 atom stereocenters. The predicted molar refractivity (Wildman–Crippen MR) is 71.6 cm³/mol. The van der Waals surface area contributed by atoms with Gasteiger partial charge in [0.05, 0.1) is 5.02 Å². The van der Waals surface area contributed by atoms with Crippen LogP contribution in [0.15, 0.2) is 42.5 Å². The van der Waals surface area contributed by atoms with Crippen LogP contribution in [0.2, 0.25) is 5.02 Å². The van der Waals surface area contributed by atoms with Crippen molar-refractivity contribution < 1.29 is 9.13 Å². The van der Waals surface area contributed by atoms with E-state index >= 15 is 0 Å². The van der Waals surface area contributed by atoms with E-state index in [1.165, 1.54) is 17.7 Å². The van der Waals surface area contributed by atoms with Gasteiger partial charge in [0.15, 0.2) is 0 Å². The average Bonchev–Trinajstić information content (AvgIpc) is 2.40. The molecule has 0 radical (unpaired) electrons. The van der Waals surface area contributed by atoms with Crippen LogP contribution in [0.1, 0.15) is 18.1 Å². The minimum Gasteiger partial charge on any atom is -0.489 e. The van der Waals surface area contributed by atoms with E-state index in [-0.39, 0.29) is 5.02 Å². The number of halogens is 2. The zero-order valence-corrected chi connectivity index (χ0v) is 10.9. The van der Waals surface area contributed by atoms with Gasteiger partial charge in [0, 0.05) is 0 Å². The van der Waals surface area contributed by atoms with Gasteiger partial charge < -0.3 is 4.74 Å². The van der Waals surface area contributed by atoms with Crippen LogP contribution in [0.4, 0.5) is 4.39 Å². The molecular formula is C15H14ClFO. The molecule has 0 N–H and O–H groups in total. The number of ether oxygens (including phenoxy) is 1. The van der Waals surface area contributed by atoms with Gasteiger partial charge in [-0.25, -0.2) is 4.39 Å². The highest BCUT2D eigenvalue weighted by Crippen LogP contribution is 2.18. The Balaban J connectivity index is 2.04. The molecule has 0 aliphatic carbocycles. The van der Waals surface area contributed by atoms with Crippen LogP contribution in [0, 0.1) is 5.82 Å². The molecule has 0 aromatic heterocycles. The molecule has 18 heavy (non-hydrogen) atoms. The molecule has 2 aromatic carbocycles. The SMILES string of the molecule is CCc1cccc(OCc2ccc(Cl)c(F)c2)c1. The van der Waals surface area contributed by atoms with Crippen LogP contribution in [0.3, 0.4) is 0 Å². The molecule has 2 rings (SSSR count). The predicted octanol–water partition coefficient (Wildman–Crippen LogP) is 4.62. The van der Waals surface area contributed by atoms with E-state index < -0.39 is 5.82 Å². The van der Waals surface area contributed by atoms with Crippen molar-refractivity contribution >= 4 is 11.6 Å². The maximum absolute atomic E-state index is 13.2. The van der Waals surface area contributed by atoms with E-state index in [1.54, 1.807) is 6.07 Å². The number of hydrogen-bond acceptors (Lipinski definition) is 1. The lowest BCUT2D eigenvalue weighted by Crippen LogP contribution is -1.96. The summed E-state index contributed by atoms with van der Waals surface area (Å²) in [5.41, 5.74) is 1.98. The van der Waals surface area contributed by atoms with Crippen LogP contribution in [0.25, 0.3) is 0 Å². The van der Waals surface area contributed by atoms with Crippen LogP contribution in [-0.2, 0) is 13.0 Å². The summed E-state index contributed by atoms with van der Waals surface area (Å²) in [5, 5.41) is 0.131. The largest absolute Gasteiger partial charge is 0.489 e. The van der Waals surface area contributed by atoms with E-state index in [1.807, 2.05) is 18.2 Å². The van der Waals surface area contributed by atoms with Crippen molar-refractivity contribution in [3.8, 4) is 5.75 Å². The molecule has 0 amide bonds. The first-order chi connectivity index (χ1) is 8.69. The van der Waals surface area contributed by atoms with E-state index in [4.69, 9.17) is 16.3 Å². The molecule has 94 valence electrons. The fraction of sp³-hybridized carbons (Fsp3) is 0.200. The molecule has 0 saturated carbocycles. The zero-order valence-electron chi connectivity index (χ0n) is 10.1. The normalized spacial score (nSPS) is 10.4. The summed E-state index contributed by atoms with van der Waals surface area (Å²) in [6, 6.07) is 12.6. The second-order valence-electron chi connectivity index (χ2n) is 4.04. The summed E-state index contributed by atoms with van der Waals surface area (Å²) >= 11 is 5.62. The fourth-order valence-corrected chi connectivity index (χ4v) is 1.77. The monoisotopic (exact) mass is 264 g/mol. The summed E-state index contributed by atoms with van der Waals surface area (Å²) < 4.78 is 18.9. The van der Waals surface area contributed by atoms with Gasteiger partial charge in [0.2, 0.25) is 0 Å². The van der Waals surface area contributed by atoms with Gasteiger partial charge in [-0.1, -0.05) is 36.7 Å². The topological polar surface area (TPSA) is 9.23 Å². The molecule has 0 fully saturated rings. The molecule has 0 bridgehead atoms. The minimum absolute atomic E-state index is 0.131. The first-order valence-electron chi connectivity index (χ1n) is 5.84. The Morgan fingerprint density at radius 1 is 1.11 bits per heavy atom. The Labute approximate surface area is 111 Å². The second-order valence-corrected chi connectivity index (χ2v) is 4.45. The van der Waals surface area contributed by atoms with E-state index in [0.717, 1.165) is 17.7 Å². The van der Waals surface area contributed by atoms with Gasteiger partial charge in [0.25, 0.3) is 0 Å². The second kappa shape index (κ2) is 5.87. The maximum Gasteiger partial charge on any atom is 0.142 e. The van der Waals surface area contributed by atoms with Crippen LogP contribution < -0.4 is 4.74 Å². The Bertz CT molecular complexity index is 540. The standard InChI is InChI=1S/C15H14ClFO/c1-2-11-4-3-5-13(8-11)18-10-12-6-7-14(16)15(17)9-12/h3-9H,2,10H2,1H3. The van der Waals surface area contributed by atoms with Crippen LogP contribution in [0.5, 0.6) is 5.75 Å². The molecule has 0 saturated heterocycles. The Kier molecular flexibility index (Phi) is 4.21. The number of aryl methyl sites for hydroxylation is 1. The molecular weight excluding hydrogens is 251 g/mol. The van der Waals surface area contributed by atoms with E-state index in [2.05, 4.69) is 13.0 Å². The lowest BCUT2D eigenvalue weighted by Gasteiger charge is -2.08. The first kappa shape index (κ1) is 12.9. The van der Waals surface area contributed by atoms with Gasteiger partial charge in [-0.15, -0.1) is 0 Å². The number of rotatable bonds is 4. The van der Waals surface area contributed by atoms with E-state index in [0.29, 0.717) is 6.61 Å². The average molecular weight is 265 g/mol. The Morgan fingerprint density at radius 2 is 1.94 bits per heavy atom. The third-order valence-electron chi connectivity index (χ3n) is 2.70. The molecule has 3 heteroatoms. The van der Waals surface area contributed by atoms with Crippen molar-refractivity contribution in [1.82, 2.24) is 0 Å². The minimum atomic E-state index is -0.417. The Morgan fingerprint density at radius 3 is 2.67 bits per heavy atom. The fourth-order valence-electron chi connectivity index (χ4n) is 1.65. The quantitative estimate of drug-likeness (QED) is 0.783. The van der Waals surface area contributed by atoms with Crippen molar-refractivity contribution in [2.24, 2.45) is 0 Å². The highest BCUT2D eigenvalue weighted by molar-refractivity contribution is 6.30. The summed E-state index contributed by atoms with van der Waals surface area (Å²) in [6.45, 7) is 2.43. The molecule has 0 heterocycles. The Hall–Kier alpha value is -1.54. The maximum atomic E-state index is 13.2. The third-order valence-corrected chi connectivity index (χ3v) is 3.00. The van der Waals surface area contributed by atoms with Crippen LogP contribution in [-0.4, -0.2) is 0 Å². The van der Waals surface area contributed by atoms with E-state index in [9.17, 15) is 4.39 Å². The molecule has 0 aliphatic heterocycles. The zero-order chi connectivity index (χ0) is 13.0. The molecule has 1 nitrogen and oxygen atoms in total. The van der Waals surface area contributed by atoms with Gasteiger partial charge in [-0.05, 0) is 41.8 Å². The van der Waals surface area contributed by atoms with Crippen molar-refractivity contribution in [3.63, 3.8) is 0 Å². The highest BCUT2D eigenvalue weighted by Gasteiger charge is 2.02. The molecule has 2 aromatic rings. The molecule has 0 unspecified atom stereocenters. The summed E-state index contributed by atoms with van der Waals surface area (Å²) in [4.78, 5) is 0. The first-order valence-corrected chi connectivity index (χ1v) is 6.22. The van der Waals surface area contributed by atoms with Crippen molar-refractivity contribution in [2.75, 3.05) is 0 Å². The summed E-state index contributed by atoms with van der Waals surface area (Å²) in [5.74, 6) is 0.379. The highest BCUT2D eigenvalue weighted by atomic mass is 35.5. The molecule has 0 spiro atoms. The lowest BCUT2D eigenvalue weighted by molar-refractivity contribution is 0.305. The lowest BCUT2D eigenvalue weighted by atomic mass is 10.2. The van der Waals surface area contributed by atoms with Gasteiger partial charge in [0.1, 0.15) is 18.2 Å². The van der Waals surface area contributed by atoms with Crippen molar-refractivity contribution in [2.45, 2.75) is 20.0 Å². The smallest absolute Gasteiger partial charge is 0.142 e. The van der Waals surface area contributed by atoms with Gasteiger partial charge >= 0.3 is 0 Å². The van der Waals surface area contributed by atoms with Crippen molar-refractivity contribution in [3.05, 3.63) is 64.4 Å². The number of benzene rings is 2. The number of hydrogen-bond donors (Lipinski definition) is 0. The van der Waals surface area contributed by atoms with Gasteiger partial charge in [-0.3, -0.25) is 0 Å². The third kappa shape index (κ3) is 3.23. The summed E-state index contributed by atoms with van der Waals surface area (Å²) in [7, 11) is 0. The molecule has 0 aliphatic rings. The van der Waals surface area contributed by atoms with Crippen LogP contribution >= 0.6 is 11.6 Å². The van der Waals surface area contributed by atoms with Gasteiger partial charge in [-0.2, -0.15) is 0 Å². The summed E-state index contributed by atoms with van der Waals surface area (Å²) in [6.07, 6.45) is 0.965.